The van der Waals surface area contributed by atoms with Gasteiger partial charge in [-0.15, -0.1) is 0 Å². The molecule has 3 aromatic rings. The van der Waals surface area contributed by atoms with Gasteiger partial charge >= 0.3 is 5.97 Å². The average molecular weight is 316 g/mol. The molecule has 0 amide bonds. The van der Waals surface area contributed by atoms with E-state index in [1.807, 2.05) is 30.3 Å². The number of methoxy groups -OCH3 is 1. The zero-order valence-electron chi connectivity index (χ0n) is 12.2. The number of carbonyl (C=O) groups is 1. The lowest BCUT2D eigenvalue weighted by atomic mass is 10.0. The summed E-state index contributed by atoms with van der Waals surface area (Å²) in [6, 6.07) is 12.8. The number of nitrogens with zero attached hydrogens (tertiary/aromatic N) is 1. The van der Waals surface area contributed by atoms with Crippen LogP contribution < -0.4 is 0 Å². The van der Waals surface area contributed by atoms with Crippen molar-refractivity contribution in [1.82, 2.24) is 4.98 Å². The van der Waals surface area contributed by atoms with Crippen LogP contribution in [0.3, 0.4) is 0 Å². The Bertz CT molecular complexity index is 824. The summed E-state index contributed by atoms with van der Waals surface area (Å²) in [4.78, 5) is 16.1. The fraction of sp³-hybridized carbons (Fsp3) is 0.176. The summed E-state index contributed by atoms with van der Waals surface area (Å²) in [5, 5.41) is 0.661. The molecule has 0 aliphatic carbocycles. The van der Waals surface area contributed by atoms with E-state index in [0.29, 0.717) is 22.0 Å². The minimum Gasteiger partial charge on any atom is -0.469 e. The van der Waals surface area contributed by atoms with Crippen molar-refractivity contribution in [2.24, 2.45) is 0 Å². The Balaban J connectivity index is 2.00. The summed E-state index contributed by atoms with van der Waals surface area (Å²) >= 11 is 5.88. The topological polar surface area (TPSA) is 52.3 Å². The molecule has 5 heteroatoms. The van der Waals surface area contributed by atoms with Gasteiger partial charge in [0, 0.05) is 10.6 Å². The Morgan fingerprint density at radius 3 is 2.64 bits per heavy atom. The Kier molecular flexibility index (Phi) is 3.86. The summed E-state index contributed by atoms with van der Waals surface area (Å²) in [7, 11) is 1.38. The van der Waals surface area contributed by atoms with E-state index in [9.17, 15) is 4.79 Å². The van der Waals surface area contributed by atoms with E-state index >= 15 is 0 Å². The third kappa shape index (κ3) is 2.70. The van der Waals surface area contributed by atoms with Crippen molar-refractivity contribution in [3.05, 3.63) is 53.1 Å². The molecule has 0 saturated carbocycles. The fourth-order valence-corrected chi connectivity index (χ4v) is 2.37. The highest BCUT2D eigenvalue weighted by atomic mass is 35.5. The van der Waals surface area contributed by atoms with Crippen LogP contribution in [0.5, 0.6) is 0 Å². The maximum Gasteiger partial charge on any atom is 0.312 e. The molecular weight excluding hydrogens is 302 g/mol. The van der Waals surface area contributed by atoms with Crippen LogP contribution in [0.15, 0.2) is 46.9 Å². The van der Waals surface area contributed by atoms with E-state index in [1.165, 1.54) is 7.11 Å². The quantitative estimate of drug-likeness (QED) is 0.671. The molecule has 1 aromatic heterocycles. The van der Waals surface area contributed by atoms with Crippen molar-refractivity contribution in [3.8, 4) is 11.5 Å². The first-order chi connectivity index (χ1) is 10.6. The molecule has 3 rings (SSSR count). The van der Waals surface area contributed by atoms with Gasteiger partial charge in [-0.3, -0.25) is 4.79 Å². The van der Waals surface area contributed by atoms with E-state index < -0.39 is 0 Å². The number of oxazole rings is 1. The van der Waals surface area contributed by atoms with Gasteiger partial charge in [0.05, 0.1) is 13.0 Å². The zero-order chi connectivity index (χ0) is 15.7. The molecule has 1 heterocycles. The number of ether oxygens (including phenoxy) is 1. The van der Waals surface area contributed by atoms with Crippen LogP contribution in [0, 0.1) is 0 Å². The van der Waals surface area contributed by atoms with Crippen molar-refractivity contribution in [2.75, 3.05) is 7.11 Å². The molecule has 0 saturated heterocycles. The van der Waals surface area contributed by atoms with Gasteiger partial charge in [0.25, 0.3) is 0 Å². The number of esters is 1. The number of rotatable bonds is 3. The normalized spacial score (nSPS) is 12.3. The van der Waals surface area contributed by atoms with Crippen LogP contribution in [-0.2, 0) is 9.53 Å². The number of aromatic nitrogens is 1. The maximum atomic E-state index is 11.6. The summed E-state index contributed by atoms with van der Waals surface area (Å²) in [6.07, 6.45) is 0. The molecular formula is C17H14ClNO3. The van der Waals surface area contributed by atoms with E-state index in [4.69, 9.17) is 20.8 Å². The second-order valence-electron chi connectivity index (χ2n) is 5.00. The third-order valence-corrected chi connectivity index (χ3v) is 3.81. The largest absolute Gasteiger partial charge is 0.469 e. The third-order valence-electron chi connectivity index (χ3n) is 3.56. The second-order valence-corrected chi connectivity index (χ2v) is 5.43. The molecule has 0 fully saturated rings. The second kappa shape index (κ2) is 5.81. The Morgan fingerprint density at radius 1 is 1.23 bits per heavy atom. The van der Waals surface area contributed by atoms with Crippen molar-refractivity contribution >= 4 is 28.7 Å². The van der Waals surface area contributed by atoms with E-state index in [0.717, 1.165) is 11.1 Å². The van der Waals surface area contributed by atoms with Crippen LogP contribution in [-0.4, -0.2) is 18.1 Å². The first kappa shape index (κ1) is 14.6. The molecule has 4 nitrogen and oxygen atoms in total. The molecule has 0 N–H and O–H groups in total. The van der Waals surface area contributed by atoms with E-state index in [-0.39, 0.29) is 11.9 Å². The molecule has 112 valence electrons. The van der Waals surface area contributed by atoms with Gasteiger partial charge in [-0.2, -0.15) is 0 Å². The lowest BCUT2D eigenvalue weighted by Gasteiger charge is -2.08. The zero-order valence-corrected chi connectivity index (χ0v) is 12.9. The summed E-state index contributed by atoms with van der Waals surface area (Å²) in [5.74, 6) is -0.0969. The standard InChI is InChI=1S/C17H14ClNO3/c1-10(17(20)21-2)12-5-8-15-14(9-12)19-16(22-15)11-3-6-13(18)7-4-11/h3-10H,1-2H3. The first-order valence-electron chi connectivity index (χ1n) is 6.83. The predicted octanol–water partition coefficient (Wildman–Crippen LogP) is 4.42. The lowest BCUT2D eigenvalue weighted by molar-refractivity contribution is -0.141. The Labute approximate surface area is 132 Å². The van der Waals surface area contributed by atoms with E-state index in [2.05, 4.69) is 4.98 Å². The SMILES string of the molecule is COC(=O)C(C)c1ccc2oc(-c3ccc(Cl)cc3)nc2c1. The van der Waals surface area contributed by atoms with Gasteiger partial charge in [0.1, 0.15) is 5.52 Å². The van der Waals surface area contributed by atoms with Gasteiger partial charge in [-0.05, 0) is 48.9 Å². The molecule has 2 aromatic carbocycles. The van der Waals surface area contributed by atoms with Gasteiger partial charge < -0.3 is 9.15 Å². The Hall–Kier alpha value is -2.33. The summed E-state index contributed by atoms with van der Waals surface area (Å²) in [6.45, 7) is 1.80. The van der Waals surface area contributed by atoms with Crippen LogP contribution in [0.25, 0.3) is 22.6 Å². The van der Waals surface area contributed by atoms with Crippen LogP contribution in [0.1, 0.15) is 18.4 Å². The number of benzene rings is 2. The average Bonchev–Trinajstić information content (AvgIpc) is 2.97. The minimum atomic E-state index is -0.343. The molecule has 0 aliphatic rings. The van der Waals surface area contributed by atoms with Gasteiger partial charge in [-0.1, -0.05) is 17.7 Å². The highest BCUT2D eigenvalue weighted by Gasteiger charge is 2.17. The predicted molar refractivity (Wildman–Crippen MR) is 84.9 cm³/mol. The lowest BCUT2D eigenvalue weighted by Crippen LogP contribution is -2.10. The van der Waals surface area contributed by atoms with Gasteiger partial charge in [0.2, 0.25) is 5.89 Å². The number of hydrogen-bond acceptors (Lipinski definition) is 4. The van der Waals surface area contributed by atoms with E-state index in [1.54, 1.807) is 19.1 Å². The minimum absolute atomic E-state index is 0.277. The van der Waals surface area contributed by atoms with Crippen molar-refractivity contribution in [1.29, 1.82) is 0 Å². The smallest absolute Gasteiger partial charge is 0.312 e. The maximum absolute atomic E-state index is 11.6. The molecule has 22 heavy (non-hydrogen) atoms. The number of hydrogen-bond donors (Lipinski definition) is 0. The highest BCUT2D eigenvalue weighted by Crippen LogP contribution is 2.28. The fourth-order valence-electron chi connectivity index (χ4n) is 2.24. The van der Waals surface area contributed by atoms with Crippen LogP contribution in [0.4, 0.5) is 0 Å². The van der Waals surface area contributed by atoms with Crippen molar-refractivity contribution in [2.45, 2.75) is 12.8 Å². The molecule has 0 aliphatic heterocycles. The van der Waals surface area contributed by atoms with Crippen LogP contribution >= 0.6 is 11.6 Å². The summed E-state index contributed by atoms with van der Waals surface area (Å²) < 4.78 is 10.5. The Morgan fingerprint density at radius 2 is 1.95 bits per heavy atom. The first-order valence-corrected chi connectivity index (χ1v) is 7.20. The molecule has 0 spiro atoms. The number of halogens is 1. The number of fused-ring (bicyclic) bond motifs is 1. The molecule has 1 unspecified atom stereocenters. The van der Waals surface area contributed by atoms with Crippen molar-refractivity contribution < 1.29 is 13.9 Å². The van der Waals surface area contributed by atoms with Gasteiger partial charge in [-0.25, -0.2) is 4.98 Å². The molecule has 0 bridgehead atoms. The molecule has 1 atom stereocenters. The van der Waals surface area contributed by atoms with Gasteiger partial charge in [0.15, 0.2) is 5.58 Å². The van der Waals surface area contributed by atoms with Crippen LogP contribution in [0.2, 0.25) is 5.02 Å². The highest BCUT2D eigenvalue weighted by molar-refractivity contribution is 6.30. The van der Waals surface area contributed by atoms with Crippen molar-refractivity contribution in [3.63, 3.8) is 0 Å². The number of carbonyl (C=O) groups excluding carboxylic acids is 1. The summed E-state index contributed by atoms with van der Waals surface area (Å²) in [5.41, 5.74) is 3.07. The monoisotopic (exact) mass is 315 g/mol. The molecule has 0 radical (unpaired) electrons.